The van der Waals surface area contributed by atoms with Gasteiger partial charge in [0.05, 0.1) is 46.9 Å². The minimum absolute atomic E-state index is 0.0714. The third-order valence-corrected chi connectivity index (χ3v) is 12.1. The van der Waals surface area contributed by atoms with Gasteiger partial charge in [-0.2, -0.15) is 18.4 Å². The molecule has 0 radical (unpaired) electrons. The first-order valence-electron chi connectivity index (χ1n) is 20.1. The summed E-state index contributed by atoms with van der Waals surface area (Å²) in [7, 11) is 0. The fourth-order valence-corrected chi connectivity index (χ4v) is 8.92. The highest BCUT2D eigenvalue weighted by Crippen LogP contribution is 2.36. The highest BCUT2D eigenvalue weighted by atomic mass is 19.4. The molecule has 5 heterocycles. The van der Waals surface area contributed by atoms with Crippen molar-refractivity contribution in [3.8, 4) is 11.8 Å². The van der Waals surface area contributed by atoms with Gasteiger partial charge in [0.1, 0.15) is 17.3 Å². The number of likely N-dealkylation sites (tertiary alicyclic amines) is 1. The first kappa shape index (κ1) is 39.2. The summed E-state index contributed by atoms with van der Waals surface area (Å²) in [6, 6.07) is 13.0. The summed E-state index contributed by atoms with van der Waals surface area (Å²) in [5.41, 5.74) is 0.714. The number of nitrogens with zero attached hydrogens (tertiary/aromatic N) is 7. The molecule has 4 amide bonds. The summed E-state index contributed by atoms with van der Waals surface area (Å²) in [4.78, 5) is 52.7. The third kappa shape index (κ3) is 8.59. The van der Waals surface area contributed by atoms with Gasteiger partial charge in [0.15, 0.2) is 0 Å². The van der Waals surface area contributed by atoms with E-state index in [2.05, 4.69) is 53.3 Å². The summed E-state index contributed by atoms with van der Waals surface area (Å²) in [6.45, 7) is 5.22. The zero-order chi connectivity index (χ0) is 40.4. The van der Waals surface area contributed by atoms with Gasteiger partial charge in [-0.3, -0.25) is 19.8 Å². The van der Waals surface area contributed by atoms with Gasteiger partial charge in [-0.25, -0.2) is 14.8 Å². The molecule has 3 saturated heterocycles. The van der Waals surface area contributed by atoms with Crippen LogP contribution >= 0.6 is 0 Å². The molecular formula is C42H46F3N9O4. The van der Waals surface area contributed by atoms with Crippen LogP contribution in [-0.4, -0.2) is 88.7 Å². The topological polar surface area (TPSA) is 149 Å². The molecule has 3 aliphatic heterocycles. The van der Waals surface area contributed by atoms with E-state index >= 15 is 0 Å². The standard InChI is InChI=1S/C42H46F3N9O4/c43-42(44,45)34-22-32(7-4-28(34)23-46)58-31-8-5-29(6-9-31)49-40(56)35-24-48-38(25-47-35)52-18-10-27(11-19-52)26-51-16-12-30(13-17-51)53-20-14-33-36(53)2-1-3-37(33)54-21-15-39(55)50-41(54)57/h1-4,7,14,20,22,24-25,27,29-31H,5-6,8-13,15-19,21,26H2,(H,49,56)(H,50,55,57)/t29-,31-. The number of anilines is 2. The molecule has 0 bridgehead atoms. The van der Waals surface area contributed by atoms with Crippen molar-refractivity contribution in [2.45, 2.75) is 82.2 Å². The quantitative estimate of drug-likeness (QED) is 0.195. The second-order valence-electron chi connectivity index (χ2n) is 15.8. The fourth-order valence-electron chi connectivity index (χ4n) is 8.92. The van der Waals surface area contributed by atoms with Crippen LogP contribution in [0.25, 0.3) is 10.9 Å². The van der Waals surface area contributed by atoms with E-state index in [1.54, 1.807) is 17.2 Å². The Balaban J connectivity index is 0.759. The number of alkyl halides is 3. The Labute approximate surface area is 334 Å². The minimum Gasteiger partial charge on any atom is -0.490 e. The van der Waals surface area contributed by atoms with E-state index in [1.807, 2.05) is 12.1 Å². The van der Waals surface area contributed by atoms with Crippen LogP contribution in [0.2, 0.25) is 0 Å². The zero-order valence-electron chi connectivity index (χ0n) is 32.1. The molecule has 13 nitrogen and oxygen atoms in total. The summed E-state index contributed by atoms with van der Waals surface area (Å²) >= 11 is 0. The number of nitrogens with one attached hydrogen (secondary N) is 2. The molecule has 0 atom stereocenters. The average Bonchev–Trinajstić information content (AvgIpc) is 3.67. The summed E-state index contributed by atoms with van der Waals surface area (Å²) in [6.07, 6.45) is 7.18. The molecule has 2 aromatic carbocycles. The average molecular weight is 798 g/mol. The molecule has 16 heteroatoms. The first-order valence-corrected chi connectivity index (χ1v) is 20.1. The molecule has 58 heavy (non-hydrogen) atoms. The Morgan fingerprint density at radius 2 is 1.71 bits per heavy atom. The van der Waals surface area contributed by atoms with E-state index in [9.17, 15) is 27.6 Å². The number of carbonyl (C=O) groups is 3. The lowest BCUT2D eigenvalue weighted by molar-refractivity contribution is -0.138. The maximum atomic E-state index is 13.4. The maximum absolute atomic E-state index is 13.4. The van der Waals surface area contributed by atoms with Gasteiger partial charge in [-0.15, -0.1) is 0 Å². The number of nitriles is 1. The van der Waals surface area contributed by atoms with E-state index in [0.717, 1.165) is 92.9 Å². The fraction of sp³-hybridized carbons (Fsp3) is 0.476. The van der Waals surface area contributed by atoms with Crippen LogP contribution in [0.4, 0.5) is 29.5 Å². The van der Waals surface area contributed by atoms with Crippen molar-refractivity contribution in [3.05, 3.63) is 77.9 Å². The number of aromatic nitrogens is 3. The predicted octanol–water partition coefficient (Wildman–Crippen LogP) is 6.44. The molecule has 4 aliphatic rings. The second-order valence-corrected chi connectivity index (χ2v) is 15.8. The Morgan fingerprint density at radius 1 is 0.931 bits per heavy atom. The molecule has 1 saturated carbocycles. The Morgan fingerprint density at radius 3 is 2.40 bits per heavy atom. The van der Waals surface area contributed by atoms with Gasteiger partial charge in [0.25, 0.3) is 5.91 Å². The normalized spacial score (nSPS) is 21.5. The van der Waals surface area contributed by atoms with Gasteiger partial charge < -0.3 is 24.4 Å². The van der Waals surface area contributed by atoms with Gasteiger partial charge in [-0.05, 0) is 93.7 Å². The summed E-state index contributed by atoms with van der Waals surface area (Å²) in [5.74, 6) is 0.860. The van der Waals surface area contributed by atoms with Crippen molar-refractivity contribution in [3.63, 3.8) is 0 Å². The molecule has 0 unspecified atom stereocenters. The maximum Gasteiger partial charge on any atom is 0.417 e. The van der Waals surface area contributed by atoms with Crippen LogP contribution in [0.1, 0.15) is 85.4 Å². The van der Waals surface area contributed by atoms with E-state index in [4.69, 9.17) is 10.00 Å². The number of rotatable bonds is 9. The van der Waals surface area contributed by atoms with Crippen molar-refractivity contribution in [2.75, 3.05) is 49.1 Å². The number of piperidine rings is 2. The number of imide groups is 1. The molecule has 4 aromatic rings. The Bertz CT molecular complexity index is 2180. The molecule has 304 valence electrons. The van der Waals surface area contributed by atoms with Gasteiger partial charge >= 0.3 is 12.2 Å². The highest BCUT2D eigenvalue weighted by Gasteiger charge is 2.35. The van der Waals surface area contributed by atoms with Crippen molar-refractivity contribution in [1.82, 2.24) is 30.1 Å². The van der Waals surface area contributed by atoms with Crippen molar-refractivity contribution >= 4 is 40.3 Å². The van der Waals surface area contributed by atoms with E-state index < -0.39 is 17.3 Å². The number of hydrogen-bond donors (Lipinski definition) is 2. The summed E-state index contributed by atoms with van der Waals surface area (Å²) < 4.78 is 48.3. The molecule has 4 fully saturated rings. The Hall–Kier alpha value is -5.69. The van der Waals surface area contributed by atoms with Crippen molar-refractivity contribution < 1.29 is 32.3 Å². The monoisotopic (exact) mass is 797 g/mol. The van der Waals surface area contributed by atoms with E-state index in [-0.39, 0.29) is 41.4 Å². The number of amides is 4. The van der Waals surface area contributed by atoms with Gasteiger partial charge in [0, 0.05) is 69.4 Å². The van der Waals surface area contributed by atoms with Crippen LogP contribution in [0.3, 0.4) is 0 Å². The molecule has 0 spiro atoms. The number of halogens is 3. The van der Waals surface area contributed by atoms with Crippen LogP contribution in [0.15, 0.2) is 61.1 Å². The molecule has 8 rings (SSSR count). The number of fused-ring (bicyclic) bond motifs is 1. The number of urea groups is 1. The van der Waals surface area contributed by atoms with Crippen LogP contribution in [-0.2, 0) is 11.0 Å². The van der Waals surface area contributed by atoms with Gasteiger partial charge in [0.2, 0.25) is 5.91 Å². The van der Waals surface area contributed by atoms with E-state index in [1.165, 1.54) is 12.3 Å². The smallest absolute Gasteiger partial charge is 0.417 e. The number of hydrogen-bond acceptors (Lipinski definition) is 9. The summed E-state index contributed by atoms with van der Waals surface area (Å²) in [5, 5.41) is 15.5. The lowest BCUT2D eigenvalue weighted by Crippen LogP contribution is -2.49. The lowest BCUT2D eigenvalue weighted by Gasteiger charge is -2.38. The van der Waals surface area contributed by atoms with Crippen molar-refractivity contribution in [1.29, 1.82) is 5.26 Å². The van der Waals surface area contributed by atoms with Gasteiger partial charge in [-0.1, -0.05) is 6.07 Å². The number of ether oxygens (including phenoxy) is 1. The van der Waals surface area contributed by atoms with Crippen LogP contribution < -0.4 is 25.2 Å². The molecule has 2 N–H and O–H groups in total. The van der Waals surface area contributed by atoms with Crippen molar-refractivity contribution in [2.24, 2.45) is 5.92 Å². The van der Waals surface area contributed by atoms with Crippen LogP contribution in [0, 0.1) is 17.2 Å². The molecule has 1 aliphatic carbocycles. The first-order chi connectivity index (χ1) is 28.0. The number of carbonyl (C=O) groups excluding carboxylic acids is 3. The second kappa shape index (κ2) is 16.7. The minimum atomic E-state index is -4.65. The zero-order valence-corrected chi connectivity index (χ0v) is 32.1. The SMILES string of the molecule is N#Cc1ccc(O[C@H]2CC[C@H](NC(=O)c3cnc(N4CCC(CN5CCC(n6ccc7c(N8CCC(=O)NC8=O)cccc76)CC5)CC4)cn3)CC2)cc1C(F)(F)F. The highest BCUT2D eigenvalue weighted by molar-refractivity contribution is 6.09. The molecule has 2 aromatic heterocycles. The van der Waals surface area contributed by atoms with E-state index in [0.29, 0.717) is 50.6 Å². The van der Waals surface area contributed by atoms with Crippen LogP contribution in [0.5, 0.6) is 5.75 Å². The molecular weight excluding hydrogens is 752 g/mol. The number of benzene rings is 2. The largest absolute Gasteiger partial charge is 0.490 e. The lowest BCUT2D eigenvalue weighted by atomic mass is 9.92. The third-order valence-electron chi connectivity index (χ3n) is 12.1. The predicted molar refractivity (Wildman–Crippen MR) is 209 cm³/mol. The Kier molecular flexibility index (Phi) is 11.2.